The van der Waals surface area contributed by atoms with Gasteiger partial charge in [-0.2, -0.15) is 4.98 Å². The number of likely N-dealkylation sites (tertiary alicyclic amines) is 1. The molecule has 1 aliphatic rings. The van der Waals surface area contributed by atoms with Crippen LogP contribution >= 0.6 is 0 Å². The maximum Gasteiger partial charge on any atom is 0.322 e. The number of hydrogen-bond acceptors (Lipinski definition) is 7. The van der Waals surface area contributed by atoms with Gasteiger partial charge >= 0.3 is 6.03 Å². The summed E-state index contributed by atoms with van der Waals surface area (Å²) in [5.41, 5.74) is 1.33. The van der Waals surface area contributed by atoms with Crippen LogP contribution < -0.4 is 10.1 Å². The number of benzene rings is 1. The van der Waals surface area contributed by atoms with Crippen molar-refractivity contribution in [3.8, 4) is 5.75 Å². The van der Waals surface area contributed by atoms with Gasteiger partial charge in [-0.05, 0) is 31.2 Å². The van der Waals surface area contributed by atoms with Crippen molar-refractivity contribution < 1.29 is 18.8 Å². The zero-order chi connectivity index (χ0) is 19.7. The largest absolute Gasteiger partial charge is 0.494 e. The lowest BCUT2D eigenvalue weighted by atomic mass is 10.1. The Hall–Kier alpha value is -3.20. The van der Waals surface area contributed by atoms with Gasteiger partial charge in [-0.1, -0.05) is 5.16 Å². The van der Waals surface area contributed by atoms with Crippen LogP contribution in [-0.4, -0.2) is 52.9 Å². The quantitative estimate of drug-likeness (QED) is 0.739. The maximum absolute atomic E-state index is 13.1. The summed E-state index contributed by atoms with van der Waals surface area (Å²) in [7, 11) is 3.22. The number of aromatic nitrogens is 3. The first-order chi connectivity index (χ1) is 13.6. The highest BCUT2D eigenvalue weighted by molar-refractivity contribution is 6.02. The van der Waals surface area contributed by atoms with Crippen LogP contribution in [0.15, 0.2) is 35.0 Å². The first kappa shape index (κ1) is 18.2. The van der Waals surface area contributed by atoms with Crippen LogP contribution in [0.3, 0.4) is 0 Å². The number of anilines is 1. The Bertz CT molecular complexity index is 1000. The summed E-state index contributed by atoms with van der Waals surface area (Å²) >= 11 is 0. The first-order valence-electron chi connectivity index (χ1n) is 8.93. The van der Waals surface area contributed by atoms with Gasteiger partial charge < -0.3 is 24.2 Å². The summed E-state index contributed by atoms with van der Waals surface area (Å²) < 4.78 is 16.1. The van der Waals surface area contributed by atoms with Crippen LogP contribution in [0.2, 0.25) is 0 Å². The predicted octanol–water partition coefficient (Wildman–Crippen LogP) is 2.93. The zero-order valence-corrected chi connectivity index (χ0v) is 15.9. The molecule has 9 heteroatoms. The highest BCUT2D eigenvalue weighted by atomic mass is 16.5. The number of rotatable bonds is 4. The molecule has 0 saturated carbocycles. The van der Waals surface area contributed by atoms with Crippen molar-refractivity contribution >= 4 is 22.6 Å². The molecule has 1 fully saturated rings. The summed E-state index contributed by atoms with van der Waals surface area (Å²) in [6.07, 6.45) is 2.18. The van der Waals surface area contributed by atoms with E-state index in [1.807, 2.05) is 12.1 Å². The van der Waals surface area contributed by atoms with E-state index < -0.39 is 0 Å². The summed E-state index contributed by atoms with van der Waals surface area (Å²) in [4.78, 5) is 23.4. The molecule has 3 aromatic rings. The standard InChI is InChI=1S/C19H21N5O4/c1-11-21-18(28-23-11)15-9-12(26-2)10-24(15)19(25)22-14-6-7-16(27-3)17-13(14)5-4-8-20-17/h4-8,12,15H,9-10H2,1-3H3,(H,22,25)/t12-,15+/m0/s1. The van der Waals surface area contributed by atoms with Crippen molar-refractivity contribution in [2.45, 2.75) is 25.5 Å². The van der Waals surface area contributed by atoms with Crippen LogP contribution in [0.4, 0.5) is 10.5 Å². The Labute approximate surface area is 161 Å². The van der Waals surface area contributed by atoms with Gasteiger partial charge in [0.1, 0.15) is 17.3 Å². The summed E-state index contributed by atoms with van der Waals surface area (Å²) in [6, 6.07) is 6.69. The number of methoxy groups -OCH3 is 2. The molecule has 1 aromatic carbocycles. The molecule has 2 atom stereocenters. The third-order valence-electron chi connectivity index (χ3n) is 4.88. The molecule has 146 valence electrons. The van der Waals surface area contributed by atoms with E-state index in [4.69, 9.17) is 14.0 Å². The Morgan fingerprint density at radius 1 is 1.32 bits per heavy atom. The minimum absolute atomic E-state index is 0.0998. The minimum Gasteiger partial charge on any atom is -0.494 e. The molecule has 4 rings (SSSR count). The van der Waals surface area contributed by atoms with E-state index in [2.05, 4.69) is 20.4 Å². The second-order valence-corrected chi connectivity index (χ2v) is 6.59. The summed E-state index contributed by atoms with van der Waals surface area (Å²) in [5, 5.41) is 7.61. The Morgan fingerprint density at radius 2 is 2.18 bits per heavy atom. The average molecular weight is 383 g/mol. The lowest BCUT2D eigenvalue weighted by molar-refractivity contribution is 0.111. The monoisotopic (exact) mass is 383 g/mol. The van der Waals surface area contributed by atoms with Crippen molar-refractivity contribution in [3.05, 3.63) is 42.2 Å². The van der Waals surface area contributed by atoms with E-state index in [0.29, 0.717) is 41.6 Å². The van der Waals surface area contributed by atoms with Gasteiger partial charge in [0, 0.05) is 31.7 Å². The molecule has 0 spiro atoms. The van der Waals surface area contributed by atoms with Gasteiger partial charge in [0.25, 0.3) is 0 Å². The van der Waals surface area contributed by atoms with E-state index in [1.54, 1.807) is 44.4 Å². The van der Waals surface area contributed by atoms with Crippen molar-refractivity contribution in [1.29, 1.82) is 0 Å². The number of pyridine rings is 1. The van der Waals surface area contributed by atoms with Crippen LogP contribution in [-0.2, 0) is 4.74 Å². The summed E-state index contributed by atoms with van der Waals surface area (Å²) in [6.45, 7) is 2.18. The molecule has 0 bridgehead atoms. The Kier molecular flexibility index (Phi) is 4.82. The highest BCUT2D eigenvalue weighted by Gasteiger charge is 2.39. The molecule has 9 nitrogen and oxygen atoms in total. The van der Waals surface area contributed by atoms with E-state index in [-0.39, 0.29) is 18.2 Å². The SMILES string of the molecule is COc1ccc(NC(=O)N2C[C@@H](OC)C[C@@H]2c2nc(C)no2)c2cccnc12. The van der Waals surface area contributed by atoms with Gasteiger partial charge in [0.2, 0.25) is 5.89 Å². The first-order valence-corrected chi connectivity index (χ1v) is 8.93. The van der Waals surface area contributed by atoms with Gasteiger partial charge in [-0.15, -0.1) is 0 Å². The number of ether oxygens (including phenoxy) is 2. The molecular weight excluding hydrogens is 362 g/mol. The highest BCUT2D eigenvalue weighted by Crippen LogP contribution is 2.34. The molecule has 1 saturated heterocycles. The van der Waals surface area contributed by atoms with Gasteiger partial charge in [0.15, 0.2) is 5.82 Å². The fraction of sp³-hybridized carbons (Fsp3) is 0.368. The summed E-state index contributed by atoms with van der Waals surface area (Å²) in [5.74, 6) is 1.59. The van der Waals surface area contributed by atoms with Crippen LogP contribution in [0, 0.1) is 6.92 Å². The smallest absolute Gasteiger partial charge is 0.322 e. The average Bonchev–Trinajstić information content (AvgIpc) is 3.34. The Balaban J connectivity index is 1.63. The number of carbonyl (C=O) groups excluding carboxylic acids is 1. The molecule has 3 heterocycles. The topological polar surface area (TPSA) is 103 Å². The molecule has 0 unspecified atom stereocenters. The van der Waals surface area contributed by atoms with E-state index >= 15 is 0 Å². The van der Waals surface area contributed by atoms with Crippen LogP contribution in [0.5, 0.6) is 5.75 Å². The predicted molar refractivity (Wildman–Crippen MR) is 101 cm³/mol. The van der Waals surface area contributed by atoms with Crippen molar-refractivity contribution in [3.63, 3.8) is 0 Å². The normalized spacial score (nSPS) is 19.2. The Morgan fingerprint density at radius 3 is 2.89 bits per heavy atom. The van der Waals surface area contributed by atoms with Crippen molar-refractivity contribution in [2.24, 2.45) is 0 Å². The van der Waals surface area contributed by atoms with Crippen molar-refractivity contribution in [2.75, 3.05) is 26.1 Å². The fourth-order valence-electron chi connectivity index (χ4n) is 3.48. The third-order valence-corrected chi connectivity index (χ3v) is 4.88. The number of carbonyl (C=O) groups is 1. The number of urea groups is 1. The lowest BCUT2D eigenvalue weighted by Crippen LogP contribution is -2.35. The van der Waals surface area contributed by atoms with E-state index in [9.17, 15) is 4.79 Å². The van der Waals surface area contributed by atoms with Crippen molar-refractivity contribution in [1.82, 2.24) is 20.0 Å². The number of aryl methyl sites for hydroxylation is 1. The third kappa shape index (κ3) is 3.24. The molecule has 0 aliphatic carbocycles. The van der Waals surface area contributed by atoms with Crippen LogP contribution in [0.1, 0.15) is 24.2 Å². The molecule has 0 radical (unpaired) electrons. The van der Waals surface area contributed by atoms with Gasteiger partial charge in [-0.25, -0.2) is 4.79 Å². The minimum atomic E-state index is -0.339. The van der Waals surface area contributed by atoms with Gasteiger partial charge in [-0.3, -0.25) is 4.98 Å². The second kappa shape index (κ2) is 7.43. The zero-order valence-electron chi connectivity index (χ0n) is 15.9. The molecule has 2 amide bonds. The number of hydrogen-bond donors (Lipinski definition) is 1. The number of amides is 2. The number of nitrogens with one attached hydrogen (secondary N) is 1. The van der Waals surface area contributed by atoms with E-state index in [1.165, 1.54) is 0 Å². The molecule has 28 heavy (non-hydrogen) atoms. The number of nitrogens with zero attached hydrogens (tertiary/aromatic N) is 4. The fourth-order valence-corrected chi connectivity index (χ4v) is 3.48. The molecule has 1 N–H and O–H groups in total. The molecule has 2 aromatic heterocycles. The second-order valence-electron chi connectivity index (χ2n) is 6.59. The maximum atomic E-state index is 13.1. The van der Waals surface area contributed by atoms with E-state index in [0.717, 1.165) is 5.39 Å². The molecular formula is C19H21N5O4. The lowest BCUT2D eigenvalue weighted by Gasteiger charge is -2.22. The van der Waals surface area contributed by atoms with Crippen LogP contribution in [0.25, 0.3) is 10.9 Å². The van der Waals surface area contributed by atoms with Gasteiger partial charge in [0.05, 0.1) is 18.9 Å². The number of fused-ring (bicyclic) bond motifs is 1. The molecule has 1 aliphatic heterocycles.